The topological polar surface area (TPSA) is 187 Å². The lowest BCUT2D eigenvalue weighted by Crippen LogP contribution is -2.45. The molecule has 3 rings (SSSR count). The van der Waals surface area contributed by atoms with E-state index in [-0.39, 0.29) is 48.4 Å². The summed E-state index contributed by atoms with van der Waals surface area (Å²) in [5, 5.41) is 27.4. The molecule has 61 heavy (non-hydrogen) atoms. The quantitative estimate of drug-likeness (QED) is 0.0453. The number of aromatic nitrogens is 1. The van der Waals surface area contributed by atoms with Crippen molar-refractivity contribution in [2.45, 2.75) is 170 Å². The number of benzene rings is 1. The molecular weight excluding hydrogens is 793 g/mol. The summed E-state index contributed by atoms with van der Waals surface area (Å²) in [7, 11) is 0. The summed E-state index contributed by atoms with van der Waals surface area (Å²) in [6.07, 6.45) is 12.0. The zero-order valence-electron chi connectivity index (χ0n) is 39.0. The Morgan fingerprint density at radius 1 is 1.00 bits per heavy atom. The third-order valence-corrected chi connectivity index (χ3v) is 11.7. The van der Waals surface area contributed by atoms with Crippen molar-refractivity contribution in [2.24, 2.45) is 17.1 Å². The van der Waals surface area contributed by atoms with Gasteiger partial charge in [0.05, 0.1) is 12.0 Å². The Bertz CT molecular complexity index is 1490. The number of primary amides is 1. The molecule has 1 aromatic carbocycles. The van der Waals surface area contributed by atoms with Crippen LogP contribution in [0.15, 0.2) is 29.6 Å². The lowest BCUT2D eigenvalue weighted by Gasteiger charge is -2.36. The summed E-state index contributed by atoms with van der Waals surface area (Å²) < 4.78 is 6.25. The molecule has 3 unspecified atom stereocenters. The number of β-amino-alcohol motifs (C(OH)–C–C–N with tert-alkyl or cyclic N) is 1. The van der Waals surface area contributed by atoms with E-state index in [2.05, 4.69) is 67.7 Å². The summed E-state index contributed by atoms with van der Waals surface area (Å²) in [4.78, 5) is 57.0. The molecule has 0 spiro atoms. The zero-order chi connectivity index (χ0) is 45.8. The summed E-state index contributed by atoms with van der Waals surface area (Å²) >= 11 is 1.39. The van der Waals surface area contributed by atoms with Gasteiger partial charge < -0.3 is 41.1 Å². The molecule has 14 heteroatoms. The number of nitrogens with zero attached hydrogens (tertiary/aromatic N) is 3. The normalized spacial score (nSPS) is 14.5. The van der Waals surface area contributed by atoms with Crippen LogP contribution >= 0.6 is 11.3 Å². The Labute approximate surface area is 372 Å². The summed E-state index contributed by atoms with van der Waals surface area (Å²) in [5.41, 5.74) is 5.43. The van der Waals surface area contributed by atoms with E-state index < -0.39 is 17.4 Å². The van der Waals surface area contributed by atoms with Crippen molar-refractivity contribution in [2.75, 3.05) is 44.7 Å². The maximum absolute atomic E-state index is 13.7. The highest BCUT2D eigenvalue weighted by Gasteiger charge is 2.33. The largest absolute Gasteiger partial charge is 0.481 e. The average molecular weight is 875 g/mol. The maximum Gasteiger partial charge on any atom is 0.309 e. The molecule has 0 bridgehead atoms. The standard InChI is InChI=1S/C39H64N4O5S.C7H15NO.CH3NO/c1-10-13-15-16-22-43(35(44)17-14-11-2)33(27(4)5)24-34(48-12-3)37-42-32(26-49-37)36(45)41-31(25-39(8,9)38(46)47)23-29-18-20-30(21-19-29)40-28(6)7;9-7-6-8-4-2-1-3-5-8;2-1-3/h18-21,26-28,31,33-34,40H,10-17,22-25H2,1-9H3,(H,41,45)(H,46,47);9H,1-7H2;1H,(H2,2,3). The van der Waals surface area contributed by atoms with Gasteiger partial charge in [0.15, 0.2) is 0 Å². The molecule has 13 nitrogen and oxygen atoms in total. The first-order valence-electron chi connectivity index (χ1n) is 22.8. The number of carbonyl (C=O) groups is 4. The van der Waals surface area contributed by atoms with E-state index in [0.29, 0.717) is 43.5 Å². The SMILES string of the molecule is CCCCCCN(C(=O)CCCC)C(CC(OCC)c1nc(C(=O)NC(Cc2ccc(NC(C)C)cc2)CC(C)(C)C(=O)O)cs1)C(C)C.NC=O.OCCN1CCCCC1. The Kier molecular flexibility index (Phi) is 28.4. The molecule has 0 radical (unpaired) electrons. The number of anilines is 1. The summed E-state index contributed by atoms with van der Waals surface area (Å²) in [5.74, 6) is -0.829. The fraction of sp³-hybridized carbons (Fsp3) is 0.723. The van der Waals surface area contributed by atoms with Gasteiger partial charge in [-0.3, -0.25) is 19.2 Å². The molecule has 348 valence electrons. The molecule has 0 saturated carbocycles. The van der Waals surface area contributed by atoms with Crippen LogP contribution in [0, 0.1) is 11.3 Å². The summed E-state index contributed by atoms with van der Waals surface area (Å²) in [6.45, 7) is 22.9. The molecule has 2 aromatic rings. The molecule has 1 aromatic heterocycles. The van der Waals surface area contributed by atoms with Gasteiger partial charge in [-0.1, -0.05) is 71.9 Å². The first kappa shape index (κ1) is 55.4. The van der Waals surface area contributed by atoms with Gasteiger partial charge in [0.1, 0.15) is 16.8 Å². The van der Waals surface area contributed by atoms with Crippen LogP contribution in [0.5, 0.6) is 0 Å². The van der Waals surface area contributed by atoms with Crippen LogP contribution in [0.4, 0.5) is 5.69 Å². The van der Waals surface area contributed by atoms with Crippen LogP contribution in [0.3, 0.4) is 0 Å². The number of carboxylic acid groups (broad SMARTS) is 1. The van der Waals surface area contributed by atoms with E-state index in [4.69, 9.17) is 19.6 Å². The average Bonchev–Trinajstić information content (AvgIpc) is 3.71. The van der Waals surface area contributed by atoms with E-state index >= 15 is 0 Å². The number of aliphatic hydroxyl groups excluding tert-OH is 1. The number of amides is 3. The molecule has 2 heterocycles. The second-order valence-electron chi connectivity index (χ2n) is 17.3. The van der Waals surface area contributed by atoms with Gasteiger partial charge in [0.25, 0.3) is 5.91 Å². The number of unbranched alkanes of at least 4 members (excludes halogenated alkanes) is 4. The molecule has 1 aliphatic heterocycles. The number of ether oxygens (including phenoxy) is 1. The molecular formula is C47H82N6O7S. The molecule has 1 fully saturated rings. The van der Waals surface area contributed by atoms with E-state index in [9.17, 15) is 19.5 Å². The number of carbonyl (C=O) groups excluding carboxylic acids is 3. The molecule has 1 saturated heterocycles. The number of piperidine rings is 1. The highest BCUT2D eigenvalue weighted by Crippen LogP contribution is 2.32. The van der Waals surface area contributed by atoms with E-state index in [1.165, 1.54) is 43.7 Å². The van der Waals surface area contributed by atoms with Crippen molar-refractivity contribution in [1.29, 1.82) is 0 Å². The van der Waals surface area contributed by atoms with Crippen molar-refractivity contribution in [3.63, 3.8) is 0 Å². The highest BCUT2D eigenvalue weighted by atomic mass is 32.1. The Hall–Kier alpha value is -3.59. The Morgan fingerprint density at radius 3 is 2.18 bits per heavy atom. The third-order valence-electron chi connectivity index (χ3n) is 10.8. The summed E-state index contributed by atoms with van der Waals surface area (Å²) in [6, 6.07) is 7.90. The fourth-order valence-electron chi connectivity index (χ4n) is 7.43. The smallest absolute Gasteiger partial charge is 0.309 e. The minimum Gasteiger partial charge on any atom is -0.481 e. The third kappa shape index (κ3) is 22.4. The first-order chi connectivity index (χ1) is 29.1. The molecule has 6 N–H and O–H groups in total. The van der Waals surface area contributed by atoms with Crippen LogP contribution in [-0.2, 0) is 25.5 Å². The molecule has 1 aliphatic rings. The van der Waals surface area contributed by atoms with Crippen LogP contribution in [0.2, 0.25) is 0 Å². The van der Waals surface area contributed by atoms with Crippen molar-refractivity contribution < 1.29 is 34.1 Å². The predicted octanol–water partition coefficient (Wildman–Crippen LogP) is 8.46. The minimum atomic E-state index is -1.03. The zero-order valence-corrected chi connectivity index (χ0v) is 39.9. The molecule has 3 amide bonds. The van der Waals surface area contributed by atoms with Gasteiger partial charge >= 0.3 is 5.97 Å². The van der Waals surface area contributed by atoms with E-state index in [0.717, 1.165) is 62.9 Å². The van der Waals surface area contributed by atoms with Gasteiger partial charge in [-0.25, -0.2) is 4.98 Å². The lowest BCUT2D eigenvalue weighted by atomic mass is 9.84. The van der Waals surface area contributed by atoms with Crippen LogP contribution in [0.1, 0.15) is 167 Å². The number of carboxylic acids is 1. The van der Waals surface area contributed by atoms with Gasteiger partial charge in [0, 0.05) is 61.7 Å². The Morgan fingerprint density at radius 2 is 1.64 bits per heavy atom. The highest BCUT2D eigenvalue weighted by molar-refractivity contribution is 7.09. The molecule has 0 aliphatic carbocycles. The minimum absolute atomic E-state index is 0.0199. The van der Waals surface area contributed by atoms with Crippen molar-refractivity contribution in [1.82, 2.24) is 20.1 Å². The van der Waals surface area contributed by atoms with Crippen molar-refractivity contribution >= 4 is 41.2 Å². The second-order valence-corrected chi connectivity index (χ2v) is 18.2. The first-order valence-corrected chi connectivity index (χ1v) is 23.7. The van der Waals surface area contributed by atoms with Gasteiger partial charge in [-0.05, 0) is 110 Å². The number of thiazole rings is 1. The number of aliphatic carboxylic acids is 1. The second kappa shape index (κ2) is 31.3. The van der Waals surface area contributed by atoms with Gasteiger partial charge in [-0.2, -0.15) is 0 Å². The fourth-order valence-corrected chi connectivity index (χ4v) is 8.29. The van der Waals surface area contributed by atoms with Gasteiger partial charge in [0.2, 0.25) is 12.3 Å². The molecule has 3 atom stereocenters. The van der Waals surface area contributed by atoms with Crippen LogP contribution in [0.25, 0.3) is 0 Å². The monoisotopic (exact) mass is 875 g/mol. The number of aliphatic hydroxyl groups is 1. The predicted molar refractivity (Wildman–Crippen MR) is 249 cm³/mol. The number of nitrogens with one attached hydrogen (secondary N) is 2. The number of hydrogen-bond acceptors (Lipinski definition) is 10. The Balaban J connectivity index is 0.00000133. The van der Waals surface area contributed by atoms with E-state index in [1.807, 2.05) is 31.2 Å². The van der Waals surface area contributed by atoms with E-state index in [1.54, 1.807) is 19.2 Å². The lowest BCUT2D eigenvalue weighted by molar-refractivity contribution is -0.147. The number of likely N-dealkylation sites (tertiary alicyclic amines) is 1. The maximum atomic E-state index is 13.7. The van der Waals surface area contributed by atoms with Crippen molar-refractivity contribution in [3.05, 3.63) is 45.9 Å². The van der Waals surface area contributed by atoms with Crippen LogP contribution < -0.4 is 16.4 Å². The number of nitrogens with two attached hydrogens (primary N) is 1. The number of rotatable bonds is 26. The van der Waals surface area contributed by atoms with Crippen LogP contribution in [-0.4, -0.2) is 107 Å². The van der Waals surface area contributed by atoms with Gasteiger partial charge in [-0.15, -0.1) is 11.3 Å². The van der Waals surface area contributed by atoms with Crippen molar-refractivity contribution in [3.8, 4) is 0 Å². The number of hydrogen-bond donors (Lipinski definition) is 5.